The summed E-state index contributed by atoms with van der Waals surface area (Å²) in [5.41, 5.74) is 1.03. The molecule has 0 spiro atoms. The largest absolute Gasteiger partial charge is 0.386 e. The summed E-state index contributed by atoms with van der Waals surface area (Å²) in [6.07, 6.45) is 0.905. The van der Waals surface area contributed by atoms with E-state index in [1.165, 1.54) is 18.3 Å². The number of aromatic nitrogens is 1. The lowest BCUT2D eigenvalue weighted by Crippen LogP contribution is -2.06. The molecule has 1 unspecified atom stereocenters. The molecule has 0 saturated carbocycles. The Balaban J connectivity index is 2.14. The molecule has 1 N–H and O–H groups in total. The summed E-state index contributed by atoms with van der Waals surface area (Å²) in [5, 5.41) is 9.91. The first-order valence-electron chi connectivity index (χ1n) is 5.20. The molecule has 1 aromatic carbocycles. The van der Waals surface area contributed by atoms with Crippen LogP contribution in [0.2, 0.25) is 0 Å². The van der Waals surface area contributed by atoms with Crippen LogP contribution in [0.3, 0.4) is 0 Å². The van der Waals surface area contributed by atoms with Crippen LogP contribution in [0.4, 0.5) is 4.39 Å². The van der Waals surface area contributed by atoms with Gasteiger partial charge in [0.25, 0.3) is 0 Å². The van der Waals surface area contributed by atoms with Crippen LogP contribution in [0.25, 0.3) is 0 Å². The highest BCUT2D eigenvalue weighted by Gasteiger charge is 2.14. The van der Waals surface area contributed by atoms with Crippen molar-refractivity contribution in [2.45, 2.75) is 12.5 Å². The van der Waals surface area contributed by atoms with Gasteiger partial charge in [-0.1, -0.05) is 28.1 Å². The Labute approximate surface area is 107 Å². The molecule has 0 amide bonds. The van der Waals surface area contributed by atoms with Gasteiger partial charge in [0.1, 0.15) is 17.6 Å². The van der Waals surface area contributed by atoms with Crippen molar-refractivity contribution in [1.29, 1.82) is 0 Å². The standard InChI is InChI=1S/C13H11BrFNO/c14-10-5-3-9(4-6-10)8-12(17)13-11(15)2-1-7-16-13/h1-7,12,17H,8H2. The Hall–Kier alpha value is -1.26. The second-order valence-corrected chi connectivity index (χ2v) is 4.63. The van der Waals surface area contributed by atoms with Gasteiger partial charge in [-0.3, -0.25) is 4.98 Å². The Morgan fingerprint density at radius 2 is 1.94 bits per heavy atom. The highest BCUT2D eigenvalue weighted by molar-refractivity contribution is 9.10. The van der Waals surface area contributed by atoms with Gasteiger partial charge in [-0.2, -0.15) is 0 Å². The fourth-order valence-corrected chi connectivity index (χ4v) is 1.85. The van der Waals surface area contributed by atoms with E-state index in [4.69, 9.17) is 0 Å². The van der Waals surface area contributed by atoms with E-state index in [0.29, 0.717) is 6.42 Å². The predicted molar refractivity (Wildman–Crippen MR) is 67.0 cm³/mol. The SMILES string of the molecule is OC(Cc1ccc(Br)cc1)c1ncccc1F. The third kappa shape index (κ3) is 3.11. The van der Waals surface area contributed by atoms with E-state index in [1.807, 2.05) is 24.3 Å². The lowest BCUT2D eigenvalue weighted by Gasteiger charge is -2.10. The number of nitrogens with zero attached hydrogens (tertiary/aromatic N) is 1. The van der Waals surface area contributed by atoms with Gasteiger partial charge in [-0.25, -0.2) is 4.39 Å². The van der Waals surface area contributed by atoms with E-state index in [1.54, 1.807) is 0 Å². The van der Waals surface area contributed by atoms with Crippen LogP contribution < -0.4 is 0 Å². The molecule has 0 aliphatic rings. The smallest absolute Gasteiger partial charge is 0.147 e. The van der Waals surface area contributed by atoms with Gasteiger partial charge in [0.15, 0.2) is 0 Å². The molecule has 0 fully saturated rings. The molecule has 2 nitrogen and oxygen atoms in total. The van der Waals surface area contributed by atoms with E-state index in [0.717, 1.165) is 10.0 Å². The lowest BCUT2D eigenvalue weighted by molar-refractivity contribution is 0.168. The second-order valence-electron chi connectivity index (χ2n) is 3.72. The number of aliphatic hydroxyl groups excluding tert-OH is 1. The van der Waals surface area contributed by atoms with Gasteiger partial charge in [0, 0.05) is 17.1 Å². The Morgan fingerprint density at radius 1 is 1.24 bits per heavy atom. The minimum Gasteiger partial charge on any atom is -0.386 e. The van der Waals surface area contributed by atoms with Crippen LogP contribution in [0.15, 0.2) is 47.1 Å². The average Bonchev–Trinajstić information content (AvgIpc) is 2.32. The van der Waals surface area contributed by atoms with Crippen LogP contribution in [-0.2, 0) is 6.42 Å². The Bertz CT molecular complexity index is 501. The molecule has 4 heteroatoms. The van der Waals surface area contributed by atoms with Crippen molar-refractivity contribution in [3.8, 4) is 0 Å². The molecule has 1 heterocycles. The molecule has 17 heavy (non-hydrogen) atoms. The zero-order chi connectivity index (χ0) is 12.3. The summed E-state index contributed by atoms with van der Waals surface area (Å²) in [7, 11) is 0. The summed E-state index contributed by atoms with van der Waals surface area (Å²) in [6, 6.07) is 10.3. The molecule has 88 valence electrons. The van der Waals surface area contributed by atoms with Crippen molar-refractivity contribution < 1.29 is 9.50 Å². The summed E-state index contributed by atoms with van der Waals surface area (Å²) < 4.78 is 14.3. The topological polar surface area (TPSA) is 33.1 Å². The van der Waals surface area contributed by atoms with Gasteiger partial charge in [0.2, 0.25) is 0 Å². The van der Waals surface area contributed by atoms with Crippen LogP contribution in [-0.4, -0.2) is 10.1 Å². The molecule has 2 aromatic rings. The maximum absolute atomic E-state index is 13.4. The molecule has 0 aliphatic carbocycles. The van der Waals surface area contributed by atoms with Gasteiger partial charge in [-0.05, 0) is 29.8 Å². The van der Waals surface area contributed by atoms with E-state index in [-0.39, 0.29) is 5.69 Å². The number of benzene rings is 1. The van der Waals surface area contributed by atoms with E-state index in [2.05, 4.69) is 20.9 Å². The van der Waals surface area contributed by atoms with Crippen molar-refractivity contribution >= 4 is 15.9 Å². The number of rotatable bonds is 3. The normalized spacial score (nSPS) is 12.4. The maximum Gasteiger partial charge on any atom is 0.147 e. The lowest BCUT2D eigenvalue weighted by atomic mass is 10.1. The summed E-state index contributed by atoms with van der Waals surface area (Å²) in [5.74, 6) is -0.475. The van der Waals surface area contributed by atoms with Crippen molar-refractivity contribution in [3.63, 3.8) is 0 Å². The molecule has 0 radical (unpaired) electrons. The van der Waals surface area contributed by atoms with Crippen molar-refractivity contribution in [2.75, 3.05) is 0 Å². The van der Waals surface area contributed by atoms with Crippen molar-refractivity contribution in [1.82, 2.24) is 4.98 Å². The highest BCUT2D eigenvalue weighted by atomic mass is 79.9. The maximum atomic E-state index is 13.4. The molecule has 1 aromatic heterocycles. The summed E-state index contributed by atoms with van der Waals surface area (Å²) in [4.78, 5) is 3.86. The van der Waals surface area contributed by atoms with E-state index in [9.17, 15) is 9.50 Å². The molecular formula is C13H11BrFNO. The minimum atomic E-state index is -0.919. The molecule has 0 saturated heterocycles. The number of aliphatic hydroxyl groups is 1. The van der Waals surface area contributed by atoms with Gasteiger partial charge >= 0.3 is 0 Å². The van der Waals surface area contributed by atoms with Crippen LogP contribution in [0.1, 0.15) is 17.4 Å². The van der Waals surface area contributed by atoms with Gasteiger partial charge in [0.05, 0.1) is 0 Å². The quantitative estimate of drug-likeness (QED) is 0.943. The van der Waals surface area contributed by atoms with Gasteiger partial charge < -0.3 is 5.11 Å². The summed E-state index contributed by atoms with van der Waals surface area (Å²) >= 11 is 3.33. The van der Waals surface area contributed by atoms with Gasteiger partial charge in [-0.15, -0.1) is 0 Å². The zero-order valence-electron chi connectivity index (χ0n) is 8.98. The third-order valence-electron chi connectivity index (χ3n) is 2.44. The molecule has 0 bridgehead atoms. The first-order chi connectivity index (χ1) is 8.16. The average molecular weight is 296 g/mol. The second kappa shape index (κ2) is 5.38. The number of halogens is 2. The number of pyridine rings is 1. The first-order valence-corrected chi connectivity index (χ1v) is 5.99. The van der Waals surface area contributed by atoms with Crippen LogP contribution >= 0.6 is 15.9 Å². The van der Waals surface area contributed by atoms with Crippen LogP contribution in [0.5, 0.6) is 0 Å². The highest BCUT2D eigenvalue weighted by Crippen LogP contribution is 2.20. The monoisotopic (exact) mass is 295 g/mol. The fraction of sp³-hybridized carbons (Fsp3) is 0.154. The first kappa shape index (κ1) is 12.2. The Morgan fingerprint density at radius 3 is 2.59 bits per heavy atom. The van der Waals surface area contributed by atoms with Crippen molar-refractivity contribution in [3.05, 3.63) is 64.1 Å². The number of hydrogen-bond donors (Lipinski definition) is 1. The number of hydrogen-bond acceptors (Lipinski definition) is 2. The third-order valence-corrected chi connectivity index (χ3v) is 2.97. The molecular weight excluding hydrogens is 285 g/mol. The minimum absolute atomic E-state index is 0.0930. The fourth-order valence-electron chi connectivity index (χ4n) is 1.58. The molecule has 2 rings (SSSR count). The van der Waals surface area contributed by atoms with E-state index < -0.39 is 11.9 Å². The molecule has 0 aliphatic heterocycles. The van der Waals surface area contributed by atoms with E-state index >= 15 is 0 Å². The summed E-state index contributed by atoms with van der Waals surface area (Å²) in [6.45, 7) is 0. The predicted octanol–water partition coefficient (Wildman–Crippen LogP) is 3.26. The van der Waals surface area contributed by atoms with Crippen LogP contribution in [0, 0.1) is 5.82 Å². The Kier molecular flexibility index (Phi) is 3.86. The zero-order valence-corrected chi connectivity index (χ0v) is 10.6. The van der Waals surface area contributed by atoms with Crippen molar-refractivity contribution in [2.24, 2.45) is 0 Å². The molecule has 1 atom stereocenters.